The third-order valence-electron chi connectivity index (χ3n) is 1.77. The lowest BCUT2D eigenvalue weighted by Gasteiger charge is -2.02. The van der Waals surface area contributed by atoms with Gasteiger partial charge in [0.1, 0.15) is 17.4 Å². The van der Waals surface area contributed by atoms with Crippen LogP contribution < -0.4 is 4.74 Å². The maximum atomic E-state index is 12.8. The third-order valence-corrected chi connectivity index (χ3v) is 2.66. The molecule has 1 aromatic carbocycles. The largest absolute Gasteiger partial charge is 0.446 e. The molecule has 1 heterocycles. The minimum Gasteiger partial charge on any atom is -0.446 e. The standard InChI is InChI=1S/C11H6F2O2S/c12-7-3-8(13)5-9(4-7)15-11-2-1-10(6-14)16-11/h1-6H. The zero-order chi connectivity index (χ0) is 11.5. The lowest BCUT2D eigenvalue weighted by atomic mass is 10.3. The summed E-state index contributed by atoms with van der Waals surface area (Å²) in [5.74, 6) is -1.35. The molecule has 1 aromatic heterocycles. The number of ether oxygens (including phenoxy) is 1. The highest BCUT2D eigenvalue weighted by Gasteiger charge is 2.05. The van der Waals surface area contributed by atoms with Crippen LogP contribution in [0.1, 0.15) is 9.67 Å². The van der Waals surface area contributed by atoms with E-state index >= 15 is 0 Å². The first-order chi connectivity index (χ1) is 7.67. The van der Waals surface area contributed by atoms with E-state index in [1.165, 1.54) is 0 Å². The van der Waals surface area contributed by atoms with Gasteiger partial charge in [-0.25, -0.2) is 8.78 Å². The second-order valence-electron chi connectivity index (χ2n) is 2.98. The molecule has 82 valence electrons. The predicted octanol–water partition coefficient (Wildman–Crippen LogP) is 3.63. The summed E-state index contributed by atoms with van der Waals surface area (Å²) in [7, 11) is 0. The van der Waals surface area contributed by atoms with Crippen LogP contribution in [0.15, 0.2) is 30.3 Å². The maximum Gasteiger partial charge on any atom is 0.181 e. The summed E-state index contributed by atoms with van der Waals surface area (Å²) in [5, 5.41) is 0.409. The Hall–Kier alpha value is -1.75. The van der Waals surface area contributed by atoms with E-state index in [2.05, 4.69) is 0 Å². The van der Waals surface area contributed by atoms with Gasteiger partial charge in [0.15, 0.2) is 11.3 Å². The van der Waals surface area contributed by atoms with Crippen LogP contribution in [0.5, 0.6) is 10.8 Å². The van der Waals surface area contributed by atoms with Crippen molar-refractivity contribution in [3.8, 4) is 10.8 Å². The van der Waals surface area contributed by atoms with E-state index < -0.39 is 11.6 Å². The number of hydrogen-bond acceptors (Lipinski definition) is 3. The van der Waals surface area contributed by atoms with Gasteiger partial charge >= 0.3 is 0 Å². The molecule has 0 amide bonds. The molecule has 2 rings (SSSR count). The van der Waals surface area contributed by atoms with E-state index in [4.69, 9.17) is 4.74 Å². The second kappa shape index (κ2) is 4.40. The number of rotatable bonds is 3. The van der Waals surface area contributed by atoms with Gasteiger partial charge in [0.2, 0.25) is 0 Å². The summed E-state index contributed by atoms with van der Waals surface area (Å²) in [4.78, 5) is 10.9. The maximum absolute atomic E-state index is 12.8. The molecule has 16 heavy (non-hydrogen) atoms. The Labute approximate surface area is 94.1 Å². The van der Waals surface area contributed by atoms with Crippen LogP contribution in [0.3, 0.4) is 0 Å². The topological polar surface area (TPSA) is 26.3 Å². The van der Waals surface area contributed by atoms with Gasteiger partial charge in [-0.15, -0.1) is 0 Å². The minimum atomic E-state index is -0.706. The van der Waals surface area contributed by atoms with E-state index in [1.54, 1.807) is 12.1 Å². The highest BCUT2D eigenvalue weighted by Crippen LogP contribution is 2.29. The zero-order valence-corrected chi connectivity index (χ0v) is 8.76. The van der Waals surface area contributed by atoms with Crippen molar-refractivity contribution in [1.29, 1.82) is 0 Å². The van der Waals surface area contributed by atoms with Crippen molar-refractivity contribution in [2.75, 3.05) is 0 Å². The summed E-state index contributed by atoms with van der Waals surface area (Å²) in [6.45, 7) is 0. The van der Waals surface area contributed by atoms with E-state index in [0.29, 0.717) is 16.2 Å². The number of carbonyl (C=O) groups excluding carboxylic acids is 1. The quantitative estimate of drug-likeness (QED) is 0.766. The zero-order valence-electron chi connectivity index (χ0n) is 7.94. The van der Waals surface area contributed by atoms with Crippen LogP contribution in [0, 0.1) is 11.6 Å². The lowest BCUT2D eigenvalue weighted by molar-refractivity contribution is 0.112. The van der Waals surface area contributed by atoms with Crippen LogP contribution in [0.2, 0.25) is 0 Å². The van der Waals surface area contributed by atoms with Crippen molar-refractivity contribution >= 4 is 17.6 Å². The van der Waals surface area contributed by atoms with Gasteiger partial charge in [-0.3, -0.25) is 4.79 Å². The van der Waals surface area contributed by atoms with Gasteiger partial charge in [-0.1, -0.05) is 11.3 Å². The first kappa shape index (κ1) is 10.8. The van der Waals surface area contributed by atoms with Crippen molar-refractivity contribution in [3.05, 3.63) is 46.8 Å². The van der Waals surface area contributed by atoms with Crippen LogP contribution in [0.25, 0.3) is 0 Å². The Bertz CT molecular complexity index is 502. The van der Waals surface area contributed by atoms with Crippen LogP contribution in [-0.2, 0) is 0 Å². The van der Waals surface area contributed by atoms with E-state index in [9.17, 15) is 13.6 Å². The first-order valence-electron chi connectivity index (χ1n) is 4.36. The summed E-state index contributed by atoms with van der Waals surface area (Å²) < 4.78 is 30.9. The Balaban J connectivity index is 2.22. The van der Waals surface area contributed by atoms with Crippen molar-refractivity contribution in [2.24, 2.45) is 0 Å². The predicted molar refractivity (Wildman–Crippen MR) is 56.1 cm³/mol. The fraction of sp³-hybridized carbons (Fsp3) is 0. The summed E-state index contributed by atoms with van der Waals surface area (Å²) in [5.41, 5.74) is 0. The molecule has 0 unspecified atom stereocenters. The Morgan fingerprint density at radius 1 is 1.12 bits per heavy atom. The summed E-state index contributed by atoms with van der Waals surface area (Å²) in [6.07, 6.45) is 0.684. The normalized spacial score (nSPS) is 10.1. The smallest absolute Gasteiger partial charge is 0.181 e. The van der Waals surface area contributed by atoms with Gasteiger partial charge in [-0.05, 0) is 12.1 Å². The van der Waals surface area contributed by atoms with E-state index in [0.717, 1.165) is 29.5 Å². The van der Waals surface area contributed by atoms with Gasteiger partial charge in [0, 0.05) is 18.2 Å². The van der Waals surface area contributed by atoms with Crippen molar-refractivity contribution in [1.82, 2.24) is 0 Å². The fourth-order valence-corrected chi connectivity index (χ4v) is 1.85. The SMILES string of the molecule is O=Cc1ccc(Oc2cc(F)cc(F)c2)s1. The molecule has 0 radical (unpaired) electrons. The molecule has 0 aliphatic carbocycles. The molecule has 0 atom stereocenters. The second-order valence-corrected chi connectivity index (χ2v) is 4.06. The van der Waals surface area contributed by atoms with Crippen LogP contribution >= 0.6 is 11.3 Å². The molecule has 0 aliphatic rings. The molecule has 2 aromatic rings. The highest BCUT2D eigenvalue weighted by atomic mass is 32.1. The van der Waals surface area contributed by atoms with Crippen molar-refractivity contribution < 1.29 is 18.3 Å². The fourth-order valence-electron chi connectivity index (χ4n) is 1.16. The Morgan fingerprint density at radius 3 is 2.38 bits per heavy atom. The Kier molecular flexibility index (Phi) is 2.96. The molecule has 0 bridgehead atoms. The molecular formula is C11H6F2O2S. The molecular weight excluding hydrogens is 234 g/mol. The summed E-state index contributed by atoms with van der Waals surface area (Å²) in [6, 6.07) is 6.05. The van der Waals surface area contributed by atoms with Crippen molar-refractivity contribution in [3.63, 3.8) is 0 Å². The molecule has 0 aliphatic heterocycles. The molecule has 0 spiro atoms. The van der Waals surface area contributed by atoms with Gasteiger partial charge in [-0.2, -0.15) is 0 Å². The minimum absolute atomic E-state index is 0.0665. The molecule has 2 nitrogen and oxygen atoms in total. The number of thiophene rings is 1. The van der Waals surface area contributed by atoms with E-state index in [-0.39, 0.29) is 5.75 Å². The molecule has 5 heteroatoms. The molecule has 0 N–H and O–H groups in total. The first-order valence-corrected chi connectivity index (χ1v) is 5.18. The average molecular weight is 240 g/mol. The highest BCUT2D eigenvalue weighted by molar-refractivity contribution is 7.15. The monoisotopic (exact) mass is 240 g/mol. The number of benzene rings is 1. The number of hydrogen-bond donors (Lipinski definition) is 0. The lowest BCUT2D eigenvalue weighted by Crippen LogP contribution is -1.85. The number of halogens is 2. The number of aldehydes is 1. The van der Waals surface area contributed by atoms with Gasteiger partial charge in [0.25, 0.3) is 0 Å². The van der Waals surface area contributed by atoms with Crippen LogP contribution in [-0.4, -0.2) is 6.29 Å². The molecule has 0 saturated carbocycles. The van der Waals surface area contributed by atoms with Gasteiger partial charge in [0.05, 0.1) is 4.88 Å². The van der Waals surface area contributed by atoms with Crippen LogP contribution in [0.4, 0.5) is 8.78 Å². The van der Waals surface area contributed by atoms with Gasteiger partial charge < -0.3 is 4.74 Å². The van der Waals surface area contributed by atoms with E-state index in [1.807, 2.05) is 0 Å². The Morgan fingerprint density at radius 2 is 1.81 bits per heavy atom. The number of carbonyl (C=O) groups is 1. The third kappa shape index (κ3) is 2.43. The van der Waals surface area contributed by atoms with Crippen molar-refractivity contribution in [2.45, 2.75) is 0 Å². The average Bonchev–Trinajstić information content (AvgIpc) is 2.64. The molecule has 0 saturated heterocycles. The molecule has 0 fully saturated rings. The summed E-state index contributed by atoms with van der Waals surface area (Å²) >= 11 is 1.10.